The standard InChI is InChI=1S/C23H24FN3O2S/c1-16-9-10-19-22(17(16)2)27-13-5-8-21(27)23(25-19)11-14-26(15-12-23)30(28,29)20-7-4-3-6-18(20)24/h3-10,13,25H,11-12,14-15H2,1-2H3. The Hall–Kier alpha value is -2.64. The third-order valence-electron chi connectivity index (χ3n) is 6.59. The molecule has 5 nitrogen and oxygen atoms in total. The van der Waals surface area contributed by atoms with Crippen molar-refractivity contribution in [2.75, 3.05) is 18.4 Å². The Balaban J connectivity index is 1.48. The number of hydrogen-bond acceptors (Lipinski definition) is 3. The van der Waals surface area contributed by atoms with Crippen LogP contribution in [-0.4, -0.2) is 30.4 Å². The average Bonchev–Trinajstić information content (AvgIpc) is 3.22. The van der Waals surface area contributed by atoms with Gasteiger partial charge in [-0.25, -0.2) is 12.8 Å². The zero-order valence-electron chi connectivity index (χ0n) is 17.0. The molecule has 0 radical (unpaired) electrons. The molecule has 5 rings (SSSR count). The summed E-state index contributed by atoms with van der Waals surface area (Å²) in [6.45, 7) is 4.89. The van der Waals surface area contributed by atoms with Gasteiger partial charge in [0.05, 0.1) is 16.9 Å². The fourth-order valence-corrected chi connectivity index (χ4v) is 6.29. The van der Waals surface area contributed by atoms with Gasteiger partial charge in [0.2, 0.25) is 10.0 Å². The summed E-state index contributed by atoms with van der Waals surface area (Å²) in [6.07, 6.45) is 3.29. The minimum atomic E-state index is -3.86. The number of halogens is 1. The van der Waals surface area contributed by atoms with Crippen LogP contribution < -0.4 is 5.32 Å². The molecule has 0 amide bonds. The molecule has 0 saturated carbocycles. The first-order valence-corrected chi connectivity index (χ1v) is 11.6. The molecule has 1 aromatic heterocycles. The van der Waals surface area contributed by atoms with Gasteiger partial charge in [0.25, 0.3) is 0 Å². The quantitative estimate of drug-likeness (QED) is 0.665. The monoisotopic (exact) mass is 425 g/mol. The van der Waals surface area contributed by atoms with Crippen LogP contribution >= 0.6 is 0 Å². The Morgan fingerprint density at radius 1 is 1.00 bits per heavy atom. The Morgan fingerprint density at radius 3 is 2.47 bits per heavy atom. The normalized spacial score (nSPS) is 18.0. The number of aryl methyl sites for hydroxylation is 1. The van der Waals surface area contributed by atoms with Gasteiger partial charge in [0.15, 0.2) is 0 Å². The van der Waals surface area contributed by atoms with E-state index in [4.69, 9.17) is 0 Å². The Bertz CT molecular complexity index is 1240. The van der Waals surface area contributed by atoms with E-state index in [0.29, 0.717) is 25.9 Å². The largest absolute Gasteiger partial charge is 0.372 e. The highest BCUT2D eigenvalue weighted by Crippen LogP contribution is 2.45. The molecule has 0 bridgehead atoms. The second kappa shape index (κ2) is 6.68. The van der Waals surface area contributed by atoms with Crippen LogP contribution in [-0.2, 0) is 15.6 Å². The Kier molecular flexibility index (Phi) is 4.31. The highest BCUT2D eigenvalue weighted by molar-refractivity contribution is 7.89. The number of fused-ring (bicyclic) bond motifs is 4. The van der Waals surface area contributed by atoms with E-state index < -0.39 is 15.8 Å². The average molecular weight is 426 g/mol. The van der Waals surface area contributed by atoms with Gasteiger partial charge >= 0.3 is 0 Å². The van der Waals surface area contributed by atoms with Crippen molar-refractivity contribution >= 4 is 15.7 Å². The maximum atomic E-state index is 14.2. The van der Waals surface area contributed by atoms with Crippen molar-refractivity contribution in [2.24, 2.45) is 0 Å². The van der Waals surface area contributed by atoms with Gasteiger partial charge in [-0.3, -0.25) is 0 Å². The van der Waals surface area contributed by atoms with Crippen LogP contribution in [0.4, 0.5) is 10.1 Å². The molecule has 0 unspecified atom stereocenters. The maximum Gasteiger partial charge on any atom is 0.245 e. The van der Waals surface area contributed by atoms with Crippen molar-refractivity contribution in [2.45, 2.75) is 37.1 Å². The molecule has 2 aromatic carbocycles. The van der Waals surface area contributed by atoms with E-state index >= 15 is 0 Å². The molecule has 156 valence electrons. The van der Waals surface area contributed by atoms with Crippen LogP contribution in [0, 0.1) is 19.7 Å². The van der Waals surface area contributed by atoms with E-state index in [0.717, 1.165) is 17.1 Å². The Morgan fingerprint density at radius 2 is 1.73 bits per heavy atom. The van der Waals surface area contributed by atoms with Gasteiger partial charge in [0.1, 0.15) is 10.7 Å². The molecular weight excluding hydrogens is 401 g/mol. The summed E-state index contributed by atoms with van der Waals surface area (Å²) in [7, 11) is -3.86. The summed E-state index contributed by atoms with van der Waals surface area (Å²) in [4.78, 5) is -0.252. The van der Waals surface area contributed by atoms with Crippen LogP contribution in [0.3, 0.4) is 0 Å². The fraction of sp³-hybridized carbons (Fsp3) is 0.304. The van der Waals surface area contributed by atoms with Crippen LogP contribution in [0.5, 0.6) is 0 Å². The second-order valence-electron chi connectivity index (χ2n) is 8.21. The van der Waals surface area contributed by atoms with Crippen molar-refractivity contribution in [3.05, 3.63) is 77.4 Å². The molecule has 3 aromatic rings. The van der Waals surface area contributed by atoms with Crippen LogP contribution in [0.2, 0.25) is 0 Å². The van der Waals surface area contributed by atoms with Crippen molar-refractivity contribution in [1.29, 1.82) is 0 Å². The van der Waals surface area contributed by atoms with Crippen molar-refractivity contribution in [3.8, 4) is 5.69 Å². The number of aromatic nitrogens is 1. The number of sulfonamides is 1. The van der Waals surface area contributed by atoms with Gasteiger partial charge in [-0.05, 0) is 68.1 Å². The first-order chi connectivity index (χ1) is 14.3. The summed E-state index contributed by atoms with van der Waals surface area (Å²) in [5.41, 5.74) is 5.48. The number of anilines is 1. The molecule has 0 aliphatic carbocycles. The molecule has 2 aliphatic rings. The lowest BCUT2D eigenvalue weighted by molar-refractivity contribution is 0.247. The van der Waals surface area contributed by atoms with Crippen LogP contribution in [0.25, 0.3) is 5.69 Å². The third kappa shape index (κ3) is 2.72. The molecule has 1 fully saturated rings. The van der Waals surface area contributed by atoms with Gasteiger partial charge in [-0.1, -0.05) is 18.2 Å². The summed E-state index contributed by atoms with van der Waals surface area (Å²) < 4.78 is 43.8. The number of nitrogens with one attached hydrogen (secondary N) is 1. The van der Waals surface area contributed by atoms with E-state index in [1.54, 1.807) is 6.07 Å². The molecular formula is C23H24FN3O2S. The first-order valence-electron chi connectivity index (χ1n) is 10.1. The number of piperidine rings is 1. The molecule has 1 saturated heterocycles. The summed E-state index contributed by atoms with van der Waals surface area (Å²) >= 11 is 0. The van der Waals surface area contributed by atoms with Gasteiger partial charge < -0.3 is 9.88 Å². The maximum absolute atomic E-state index is 14.2. The van der Waals surface area contributed by atoms with Crippen molar-refractivity contribution in [1.82, 2.24) is 8.87 Å². The predicted octanol–water partition coefficient (Wildman–Crippen LogP) is 4.34. The van der Waals surface area contributed by atoms with Gasteiger partial charge in [-0.2, -0.15) is 4.31 Å². The van der Waals surface area contributed by atoms with Crippen LogP contribution in [0.15, 0.2) is 59.6 Å². The summed E-state index contributed by atoms with van der Waals surface area (Å²) in [5, 5.41) is 3.73. The highest BCUT2D eigenvalue weighted by Gasteiger charge is 2.44. The van der Waals surface area contributed by atoms with Crippen molar-refractivity contribution in [3.63, 3.8) is 0 Å². The Labute approximate surface area is 176 Å². The lowest BCUT2D eigenvalue weighted by Gasteiger charge is -2.46. The minimum absolute atomic E-state index is 0.252. The number of benzene rings is 2. The number of rotatable bonds is 2. The summed E-state index contributed by atoms with van der Waals surface area (Å²) in [5.74, 6) is -0.706. The van der Waals surface area contributed by atoms with E-state index in [9.17, 15) is 12.8 Å². The smallest absolute Gasteiger partial charge is 0.245 e. The second-order valence-corrected chi connectivity index (χ2v) is 10.1. The molecule has 1 N–H and O–H groups in total. The first kappa shape index (κ1) is 19.3. The fourth-order valence-electron chi connectivity index (χ4n) is 4.78. The van der Waals surface area contributed by atoms with Gasteiger partial charge in [-0.15, -0.1) is 0 Å². The van der Waals surface area contributed by atoms with E-state index in [1.165, 1.54) is 33.6 Å². The van der Waals surface area contributed by atoms with E-state index in [-0.39, 0.29) is 10.4 Å². The predicted molar refractivity (Wildman–Crippen MR) is 115 cm³/mol. The van der Waals surface area contributed by atoms with E-state index in [1.807, 2.05) is 6.07 Å². The lowest BCUT2D eigenvalue weighted by Crippen LogP contribution is -2.51. The highest BCUT2D eigenvalue weighted by atomic mass is 32.2. The minimum Gasteiger partial charge on any atom is -0.372 e. The van der Waals surface area contributed by atoms with Crippen molar-refractivity contribution < 1.29 is 12.8 Å². The molecule has 30 heavy (non-hydrogen) atoms. The zero-order valence-corrected chi connectivity index (χ0v) is 17.8. The van der Waals surface area contributed by atoms with E-state index in [2.05, 4.69) is 48.1 Å². The topological polar surface area (TPSA) is 54.3 Å². The molecule has 3 heterocycles. The molecule has 1 spiro atoms. The number of nitrogens with zero attached hydrogens (tertiary/aromatic N) is 2. The third-order valence-corrected chi connectivity index (χ3v) is 8.52. The van der Waals surface area contributed by atoms with Gasteiger partial charge in [0, 0.05) is 25.0 Å². The molecule has 0 atom stereocenters. The molecule has 7 heteroatoms. The van der Waals surface area contributed by atoms with Crippen LogP contribution in [0.1, 0.15) is 29.7 Å². The SMILES string of the molecule is Cc1ccc2c(c1C)-n1cccc1C1(CCN(S(=O)(=O)c3ccccc3F)CC1)N2. The summed E-state index contributed by atoms with van der Waals surface area (Å²) in [6, 6.07) is 13.9. The number of hydrogen-bond donors (Lipinski definition) is 1. The zero-order chi connectivity index (χ0) is 21.1. The molecule has 2 aliphatic heterocycles. The lowest BCUT2D eigenvalue weighted by atomic mass is 9.82.